The topological polar surface area (TPSA) is 17.1 Å². The van der Waals surface area contributed by atoms with E-state index in [0.29, 0.717) is 11.7 Å². The summed E-state index contributed by atoms with van der Waals surface area (Å²) in [5.41, 5.74) is 2.87. The number of carbonyl (C=O) groups excluding carboxylic acids is 1. The van der Waals surface area contributed by atoms with Crippen LogP contribution < -0.4 is 0 Å². The maximum absolute atomic E-state index is 11.3. The van der Waals surface area contributed by atoms with E-state index >= 15 is 0 Å². The number of Topliss-reactive ketones (excluding diaryl/α,β-unsaturated/α-hetero) is 1. The van der Waals surface area contributed by atoms with Crippen molar-refractivity contribution in [2.75, 3.05) is 0 Å². The Balaban J connectivity index is 2.15. The van der Waals surface area contributed by atoms with Gasteiger partial charge >= 0.3 is 0 Å². The summed E-state index contributed by atoms with van der Waals surface area (Å²) in [5, 5.41) is 0. The molecule has 1 aliphatic carbocycles. The van der Waals surface area contributed by atoms with Gasteiger partial charge in [-0.2, -0.15) is 0 Å². The Morgan fingerprint density at radius 2 is 1.79 bits per heavy atom. The van der Waals surface area contributed by atoms with Crippen LogP contribution in [0, 0.1) is 11.8 Å². The molecule has 0 saturated heterocycles. The minimum Gasteiger partial charge on any atom is -0.300 e. The van der Waals surface area contributed by atoms with Crippen LogP contribution in [0.3, 0.4) is 0 Å². The third kappa shape index (κ3) is 1.59. The molecule has 1 aromatic rings. The van der Waals surface area contributed by atoms with Crippen LogP contribution in [0.5, 0.6) is 0 Å². The molecule has 0 amide bonds. The van der Waals surface area contributed by atoms with Gasteiger partial charge in [0.1, 0.15) is 5.78 Å². The second-order valence-electron chi connectivity index (χ2n) is 4.34. The number of rotatable bonds is 2. The smallest absolute Gasteiger partial charge is 0.132 e. The summed E-state index contributed by atoms with van der Waals surface area (Å²) in [5.74, 6) is 1.06. The van der Waals surface area contributed by atoms with Crippen molar-refractivity contribution in [3.05, 3.63) is 35.4 Å². The molecule has 0 fully saturated rings. The summed E-state index contributed by atoms with van der Waals surface area (Å²) < 4.78 is 0. The second-order valence-corrected chi connectivity index (χ2v) is 4.34. The molecule has 0 bridgehead atoms. The van der Waals surface area contributed by atoms with Crippen molar-refractivity contribution in [2.45, 2.75) is 26.7 Å². The first-order valence-electron chi connectivity index (χ1n) is 5.25. The van der Waals surface area contributed by atoms with E-state index < -0.39 is 0 Å². The number of hydrogen-bond donors (Lipinski definition) is 0. The Morgan fingerprint density at radius 1 is 1.29 bits per heavy atom. The fraction of sp³-hybridized carbons (Fsp3) is 0.462. The maximum Gasteiger partial charge on any atom is 0.132 e. The van der Waals surface area contributed by atoms with Crippen LogP contribution in [0.25, 0.3) is 0 Å². The zero-order valence-electron chi connectivity index (χ0n) is 8.79. The van der Waals surface area contributed by atoms with Gasteiger partial charge in [0, 0.05) is 5.92 Å². The molecular formula is C13H16O. The molecule has 2 rings (SSSR count). The van der Waals surface area contributed by atoms with Crippen LogP contribution in [0.15, 0.2) is 24.3 Å². The van der Waals surface area contributed by atoms with Gasteiger partial charge in [-0.05, 0) is 36.8 Å². The Hall–Kier alpha value is -1.11. The van der Waals surface area contributed by atoms with E-state index in [4.69, 9.17) is 0 Å². The van der Waals surface area contributed by atoms with Gasteiger partial charge in [0.2, 0.25) is 0 Å². The van der Waals surface area contributed by atoms with E-state index in [-0.39, 0.29) is 5.92 Å². The highest BCUT2D eigenvalue weighted by Gasteiger charge is 2.27. The predicted molar refractivity (Wildman–Crippen MR) is 57.2 cm³/mol. The highest BCUT2D eigenvalue weighted by Crippen LogP contribution is 2.31. The van der Waals surface area contributed by atoms with Crippen molar-refractivity contribution < 1.29 is 4.79 Å². The highest BCUT2D eigenvalue weighted by atomic mass is 16.1. The number of fused-ring (bicyclic) bond motifs is 1. The molecule has 0 N–H and O–H groups in total. The Kier molecular flexibility index (Phi) is 2.40. The Labute approximate surface area is 85.1 Å². The number of hydrogen-bond acceptors (Lipinski definition) is 1. The van der Waals surface area contributed by atoms with Crippen LogP contribution >= 0.6 is 0 Å². The minimum atomic E-state index is 0.211. The average Bonchev–Trinajstić information content (AvgIpc) is 2.59. The molecule has 0 heterocycles. The molecule has 1 atom stereocenters. The van der Waals surface area contributed by atoms with E-state index in [1.165, 1.54) is 11.1 Å². The second kappa shape index (κ2) is 3.56. The van der Waals surface area contributed by atoms with Crippen molar-refractivity contribution in [3.63, 3.8) is 0 Å². The number of carbonyl (C=O) groups is 1. The monoisotopic (exact) mass is 188 g/mol. The van der Waals surface area contributed by atoms with Gasteiger partial charge in [0.15, 0.2) is 0 Å². The molecule has 74 valence electrons. The van der Waals surface area contributed by atoms with Crippen LogP contribution in [-0.2, 0) is 17.6 Å². The summed E-state index contributed by atoms with van der Waals surface area (Å²) in [6, 6.07) is 8.53. The zero-order chi connectivity index (χ0) is 10.1. The molecule has 0 radical (unpaired) electrons. The molecule has 14 heavy (non-hydrogen) atoms. The lowest BCUT2D eigenvalue weighted by Crippen LogP contribution is -2.18. The van der Waals surface area contributed by atoms with Crippen molar-refractivity contribution in [1.29, 1.82) is 0 Å². The normalized spacial score (nSPS) is 17.9. The zero-order valence-corrected chi connectivity index (χ0v) is 8.79. The van der Waals surface area contributed by atoms with Gasteiger partial charge in [-0.1, -0.05) is 31.2 Å². The first kappa shape index (κ1) is 9.45. The molecule has 0 aliphatic heterocycles. The largest absolute Gasteiger partial charge is 0.300 e. The lowest BCUT2D eigenvalue weighted by molar-refractivity contribution is -0.121. The standard InChI is InChI=1S/C13H16O/c1-9(10(2)14)13-7-11-5-3-4-6-12(11)8-13/h3-6,9,13H,7-8H2,1-2H3/t9-/m1/s1. The summed E-state index contributed by atoms with van der Waals surface area (Å²) in [6.45, 7) is 3.76. The SMILES string of the molecule is CC(=O)[C@@H](C)C1Cc2ccccc2C1. The van der Waals surface area contributed by atoms with E-state index in [2.05, 4.69) is 31.2 Å². The first-order valence-corrected chi connectivity index (χ1v) is 5.25. The molecule has 0 saturated carbocycles. The van der Waals surface area contributed by atoms with Crippen molar-refractivity contribution in [1.82, 2.24) is 0 Å². The lowest BCUT2D eigenvalue weighted by atomic mass is 9.89. The Bertz CT molecular complexity index is 329. The fourth-order valence-electron chi connectivity index (χ4n) is 2.28. The molecule has 0 unspecified atom stereocenters. The van der Waals surface area contributed by atoms with E-state index in [1.54, 1.807) is 6.92 Å². The molecule has 1 nitrogen and oxygen atoms in total. The molecular weight excluding hydrogens is 172 g/mol. The minimum absolute atomic E-state index is 0.211. The van der Waals surface area contributed by atoms with Gasteiger partial charge < -0.3 is 0 Å². The highest BCUT2D eigenvalue weighted by molar-refractivity contribution is 5.78. The predicted octanol–water partition coefficient (Wildman–Crippen LogP) is 2.63. The fourth-order valence-corrected chi connectivity index (χ4v) is 2.28. The molecule has 1 aromatic carbocycles. The van der Waals surface area contributed by atoms with Crippen molar-refractivity contribution in [3.8, 4) is 0 Å². The summed E-state index contributed by atoms with van der Waals surface area (Å²) >= 11 is 0. The van der Waals surface area contributed by atoms with E-state index in [9.17, 15) is 4.79 Å². The third-order valence-corrected chi connectivity index (χ3v) is 3.43. The maximum atomic E-state index is 11.3. The van der Waals surface area contributed by atoms with E-state index in [0.717, 1.165) is 12.8 Å². The molecule has 1 heteroatoms. The lowest BCUT2D eigenvalue weighted by Gasteiger charge is -2.14. The van der Waals surface area contributed by atoms with Gasteiger partial charge in [-0.25, -0.2) is 0 Å². The van der Waals surface area contributed by atoms with Crippen LogP contribution in [0.2, 0.25) is 0 Å². The third-order valence-electron chi connectivity index (χ3n) is 3.43. The van der Waals surface area contributed by atoms with Crippen LogP contribution in [-0.4, -0.2) is 5.78 Å². The van der Waals surface area contributed by atoms with Crippen LogP contribution in [0.4, 0.5) is 0 Å². The van der Waals surface area contributed by atoms with Gasteiger partial charge in [0.25, 0.3) is 0 Å². The van der Waals surface area contributed by atoms with E-state index in [1.807, 2.05) is 0 Å². The quantitative estimate of drug-likeness (QED) is 0.697. The number of ketones is 1. The number of benzene rings is 1. The molecule has 0 spiro atoms. The van der Waals surface area contributed by atoms with Crippen LogP contribution in [0.1, 0.15) is 25.0 Å². The van der Waals surface area contributed by atoms with Crippen molar-refractivity contribution >= 4 is 5.78 Å². The summed E-state index contributed by atoms with van der Waals surface area (Å²) in [7, 11) is 0. The Morgan fingerprint density at radius 3 is 2.21 bits per heavy atom. The molecule has 1 aliphatic rings. The van der Waals surface area contributed by atoms with Gasteiger partial charge in [-0.3, -0.25) is 4.79 Å². The van der Waals surface area contributed by atoms with Gasteiger partial charge in [0.05, 0.1) is 0 Å². The first-order chi connectivity index (χ1) is 6.68. The van der Waals surface area contributed by atoms with Gasteiger partial charge in [-0.15, -0.1) is 0 Å². The summed E-state index contributed by atoms with van der Waals surface area (Å²) in [6.07, 6.45) is 2.16. The molecule has 0 aromatic heterocycles. The van der Waals surface area contributed by atoms with Crippen molar-refractivity contribution in [2.24, 2.45) is 11.8 Å². The summed E-state index contributed by atoms with van der Waals surface area (Å²) in [4.78, 5) is 11.3. The average molecular weight is 188 g/mol.